The number of nitrogens with zero attached hydrogens (tertiary/aromatic N) is 1. The van der Waals surface area contributed by atoms with E-state index in [0.29, 0.717) is 6.04 Å². The summed E-state index contributed by atoms with van der Waals surface area (Å²) >= 11 is 0. The third-order valence-electron chi connectivity index (χ3n) is 2.72. The molecule has 2 rings (SSSR count). The van der Waals surface area contributed by atoms with Crippen molar-refractivity contribution in [3.05, 3.63) is 30.1 Å². The van der Waals surface area contributed by atoms with E-state index < -0.39 is 0 Å². The quantitative estimate of drug-likeness (QED) is 0.764. The number of aromatic nitrogens is 1. The first-order chi connectivity index (χ1) is 6.36. The highest BCUT2D eigenvalue weighted by molar-refractivity contribution is 5.08. The van der Waals surface area contributed by atoms with Gasteiger partial charge in [0.25, 0.3) is 0 Å². The average Bonchev–Trinajstić information content (AvgIpc) is 2.12. The van der Waals surface area contributed by atoms with E-state index in [9.17, 15) is 0 Å². The Hall–Kier alpha value is -0.890. The van der Waals surface area contributed by atoms with E-state index in [1.165, 1.54) is 19.3 Å². The van der Waals surface area contributed by atoms with E-state index in [-0.39, 0.29) is 0 Å². The smallest absolute Gasteiger partial charge is 0.0570 e. The molecule has 1 heterocycles. The molecule has 0 aromatic carbocycles. The first-order valence-electron chi connectivity index (χ1n) is 5.03. The van der Waals surface area contributed by atoms with Gasteiger partial charge in [-0.15, -0.1) is 0 Å². The van der Waals surface area contributed by atoms with Crippen LogP contribution in [0, 0.1) is 0 Å². The molecule has 1 aromatic heterocycles. The normalized spacial score (nSPS) is 19.5. The van der Waals surface area contributed by atoms with Gasteiger partial charge in [-0.25, -0.2) is 0 Å². The molecule has 2 heteroatoms. The minimum Gasteiger partial charge on any atom is -0.306 e. The van der Waals surface area contributed by atoms with E-state index in [4.69, 9.17) is 0 Å². The first-order valence-corrected chi connectivity index (χ1v) is 5.03. The van der Waals surface area contributed by atoms with Crippen LogP contribution in [-0.2, 0) is 0 Å². The molecular weight excluding hydrogens is 160 g/mol. The van der Waals surface area contributed by atoms with Crippen LogP contribution in [0.1, 0.15) is 37.9 Å². The van der Waals surface area contributed by atoms with Gasteiger partial charge in [0, 0.05) is 18.3 Å². The molecule has 1 N–H and O–H groups in total. The highest BCUT2D eigenvalue weighted by Crippen LogP contribution is 2.21. The maximum Gasteiger partial charge on any atom is 0.0570 e. The Labute approximate surface area is 79.4 Å². The maximum atomic E-state index is 4.33. The van der Waals surface area contributed by atoms with Crippen molar-refractivity contribution in [2.75, 3.05) is 0 Å². The summed E-state index contributed by atoms with van der Waals surface area (Å²) in [6.07, 6.45) is 5.90. The Balaban J connectivity index is 1.92. The van der Waals surface area contributed by atoms with Crippen LogP contribution in [-0.4, -0.2) is 11.0 Å². The zero-order valence-electron chi connectivity index (χ0n) is 8.03. The minimum absolute atomic E-state index is 0.395. The fourth-order valence-corrected chi connectivity index (χ4v) is 1.65. The molecule has 1 fully saturated rings. The fourth-order valence-electron chi connectivity index (χ4n) is 1.65. The van der Waals surface area contributed by atoms with Crippen molar-refractivity contribution >= 4 is 0 Å². The molecule has 1 aromatic rings. The molecule has 0 spiro atoms. The van der Waals surface area contributed by atoms with Crippen molar-refractivity contribution in [3.63, 3.8) is 0 Å². The molecule has 0 saturated heterocycles. The van der Waals surface area contributed by atoms with Crippen molar-refractivity contribution in [3.8, 4) is 0 Å². The van der Waals surface area contributed by atoms with E-state index in [0.717, 1.165) is 11.7 Å². The second-order valence-corrected chi connectivity index (χ2v) is 3.77. The zero-order valence-corrected chi connectivity index (χ0v) is 8.03. The van der Waals surface area contributed by atoms with Crippen molar-refractivity contribution in [2.24, 2.45) is 0 Å². The third-order valence-corrected chi connectivity index (χ3v) is 2.72. The predicted octanol–water partition coefficient (Wildman–Crippen LogP) is 2.28. The summed E-state index contributed by atoms with van der Waals surface area (Å²) in [6.45, 7) is 2.18. The molecule has 1 aliphatic carbocycles. The molecule has 0 radical (unpaired) electrons. The summed E-state index contributed by atoms with van der Waals surface area (Å²) in [5, 5.41) is 3.57. The van der Waals surface area contributed by atoms with Crippen molar-refractivity contribution in [2.45, 2.75) is 38.3 Å². The zero-order chi connectivity index (χ0) is 9.10. The Morgan fingerprint density at radius 2 is 2.31 bits per heavy atom. The average molecular weight is 176 g/mol. The van der Waals surface area contributed by atoms with Crippen LogP contribution in [0.3, 0.4) is 0 Å². The van der Waals surface area contributed by atoms with Crippen LogP contribution in [0.4, 0.5) is 0 Å². The summed E-state index contributed by atoms with van der Waals surface area (Å²) in [7, 11) is 0. The SMILES string of the molecule is CC(NC1CCC1)c1ccccn1. The van der Waals surface area contributed by atoms with Gasteiger partial charge in [-0.1, -0.05) is 12.5 Å². The van der Waals surface area contributed by atoms with Crippen LogP contribution in [0.25, 0.3) is 0 Å². The van der Waals surface area contributed by atoms with E-state index in [2.05, 4.69) is 23.3 Å². The monoisotopic (exact) mass is 176 g/mol. The predicted molar refractivity (Wildman–Crippen MR) is 53.4 cm³/mol. The summed E-state index contributed by atoms with van der Waals surface area (Å²) < 4.78 is 0. The number of rotatable bonds is 3. The van der Waals surface area contributed by atoms with E-state index in [1.807, 2.05) is 18.3 Å². The third kappa shape index (κ3) is 2.07. The van der Waals surface area contributed by atoms with E-state index >= 15 is 0 Å². The molecular formula is C11H16N2. The van der Waals surface area contributed by atoms with Crippen molar-refractivity contribution in [1.82, 2.24) is 10.3 Å². The van der Waals surface area contributed by atoms with Crippen molar-refractivity contribution < 1.29 is 0 Å². The molecule has 2 nitrogen and oxygen atoms in total. The lowest BCUT2D eigenvalue weighted by Gasteiger charge is -2.29. The lowest BCUT2D eigenvalue weighted by Crippen LogP contribution is -2.37. The number of hydrogen-bond donors (Lipinski definition) is 1. The van der Waals surface area contributed by atoms with E-state index in [1.54, 1.807) is 0 Å². The van der Waals surface area contributed by atoms with Gasteiger partial charge in [0.2, 0.25) is 0 Å². The molecule has 1 aliphatic rings. The second kappa shape index (κ2) is 3.88. The van der Waals surface area contributed by atoms with Gasteiger partial charge in [0.1, 0.15) is 0 Å². The standard InChI is InChI=1S/C11H16N2/c1-9(13-10-5-4-6-10)11-7-2-3-8-12-11/h2-3,7-10,13H,4-6H2,1H3. The first kappa shape index (κ1) is 8.70. The van der Waals surface area contributed by atoms with Crippen molar-refractivity contribution in [1.29, 1.82) is 0 Å². The number of nitrogens with one attached hydrogen (secondary N) is 1. The van der Waals surface area contributed by atoms with Crippen LogP contribution in [0.15, 0.2) is 24.4 Å². The molecule has 0 aliphatic heterocycles. The molecule has 0 bridgehead atoms. The Kier molecular flexibility index (Phi) is 2.60. The van der Waals surface area contributed by atoms with Gasteiger partial charge in [-0.2, -0.15) is 0 Å². The summed E-state index contributed by atoms with van der Waals surface area (Å²) in [5.41, 5.74) is 1.15. The molecule has 0 amide bonds. The Morgan fingerprint density at radius 1 is 1.46 bits per heavy atom. The Bertz CT molecular complexity index is 254. The lowest BCUT2D eigenvalue weighted by atomic mass is 9.92. The largest absolute Gasteiger partial charge is 0.306 e. The van der Waals surface area contributed by atoms with Crippen LogP contribution >= 0.6 is 0 Å². The van der Waals surface area contributed by atoms with Gasteiger partial charge in [0.05, 0.1) is 5.69 Å². The second-order valence-electron chi connectivity index (χ2n) is 3.77. The van der Waals surface area contributed by atoms with Gasteiger partial charge < -0.3 is 5.32 Å². The topological polar surface area (TPSA) is 24.9 Å². The van der Waals surface area contributed by atoms with Crippen LogP contribution in [0.2, 0.25) is 0 Å². The number of pyridine rings is 1. The summed E-state index contributed by atoms with van der Waals surface area (Å²) in [4.78, 5) is 4.33. The summed E-state index contributed by atoms with van der Waals surface area (Å²) in [5.74, 6) is 0. The van der Waals surface area contributed by atoms with Crippen LogP contribution < -0.4 is 5.32 Å². The fraction of sp³-hybridized carbons (Fsp3) is 0.545. The lowest BCUT2D eigenvalue weighted by molar-refractivity contribution is 0.311. The maximum absolute atomic E-state index is 4.33. The molecule has 1 saturated carbocycles. The van der Waals surface area contributed by atoms with Gasteiger partial charge >= 0.3 is 0 Å². The molecule has 70 valence electrons. The molecule has 1 unspecified atom stereocenters. The van der Waals surface area contributed by atoms with Crippen LogP contribution in [0.5, 0.6) is 0 Å². The number of hydrogen-bond acceptors (Lipinski definition) is 2. The van der Waals surface area contributed by atoms with Gasteiger partial charge in [-0.05, 0) is 31.9 Å². The molecule has 1 atom stereocenters. The highest BCUT2D eigenvalue weighted by atomic mass is 15.0. The minimum atomic E-state index is 0.395. The Morgan fingerprint density at radius 3 is 2.85 bits per heavy atom. The highest BCUT2D eigenvalue weighted by Gasteiger charge is 2.19. The van der Waals surface area contributed by atoms with Gasteiger partial charge in [0.15, 0.2) is 0 Å². The molecule has 13 heavy (non-hydrogen) atoms. The summed E-state index contributed by atoms with van der Waals surface area (Å²) in [6, 6.07) is 7.21. The van der Waals surface area contributed by atoms with Gasteiger partial charge in [-0.3, -0.25) is 4.98 Å².